The van der Waals surface area contributed by atoms with Crippen molar-refractivity contribution in [2.24, 2.45) is 0 Å². The standard InChI is InChI=1S/C21H24FN3O5S/c1-14-10-16(15-6-4-3-5-7-15)11-18(20(14)22)21(27)23-24-31(28,29)17-12-25(13-17)19(26)8-9-30-2/h3-7,10-11,17,24H,8-9,12-13H2,1-2H3,(H,23,27). The number of benzene rings is 2. The Kier molecular flexibility index (Phi) is 7.04. The van der Waals surface area contributed by atoms with Crippen LogP contribution in [0.4, 0.5) is 4.39 Å². The Bertz CT molecular complexity index is 1070. The van der Waals surface area contributed by atoms with E-state index in [1.807, 2.05) is 35.2 Å². The number of hydrazine groups is 1. The minimum atomic E-state index is -3.93. The van der Waals surface area contributed by atoms with Gasteiger partial charge in [-0.1, -0.05) is 30.3 Å². The zero-order valence-corrected chi connectivity index (χ0v) is 18.0. The number of methoxy groups -OCH3 is 1. The molecule has 0 spiro atoms. The third-order valence-corrected chi connectivity index (χ3v) is 6.64. The number of sulfonamides is 1. The third kappa shape index (κ3) is 5.27. The van der Waals surface area contributed by atoms with Gasteiger partial charge in [0.25, 0.3) is 5.91 Å². The highest BCUT2D eigenvalue weighted by atomic mass is 32.2. The summed E-state index contributed by atoms with van der Waals surface area (Å²) >= 11 is 0. The van der Waals surface area contributed by atoms with Gasteiger partial charge in [0, 0.05) is 20.2 Å². The lowest BCUT2D eigenvalue weighted by Crippen LogP contribution is -2.61. The summed E-state index contributed by atoms with van der Waals surface area (Å²) in [5.74, 6) is -1.84. The Hall–Kier alpha value is -2.82. The number of amides is 2. The van der Waals surface area contributed by atoms with Gasteiger partial charge in [0.05, 0.1) is 18.6 Å². The van der Waals surface area contributed by atoms with Gasteiger partial charge in [-0.3, -0.25) is 15.0 Å². The van der Waals surface area contributed by atoms with E-state index in [1.165, 1.54) is 25.0 Å². The van der Waals surface area contributed by atoms with Gasteiger partial charge in [-0.25, -0.2) is 12.8 Å². The van der Waals surface area contributed by atoms with Crippen molar-refractivity contribution in [1.29, 1.82) is 0 Å². The quantitative estimate of drug-likeness (QED) is 0.596. The second-order valence-electron chi connectivity index (χ2n) is 7.29. The maximum Gasteiger partial charge on any atom is 0.269 e. The van der Waals surface area contributed by atoms with Crippen LogP contribution in [-0.2, 0) is 19.6 Å². The van der Waals surface area contributed by atoms with Crippen LogP contribution in [-0.4, -0.2) is 57.2 Å². The number of carbonyl (C=O) groups is 2. The van der Waals surface area contributed by atoms with E-state index < -0.39 is 27.0 Å². The number of ether oxygens (including phenoxy) is 1. The van der Waals surface area contributed by atoms with Crippen molar-refractivity contribution in [3.05, 3.63) is 59.4 Å². The molecule has 1 saturated heterocycles. The van der Waals surface area contributed by atoms with Gasteiger partial charge in [0.1, 0.15) is 11.1 Å². The second-order valence-corrected chi connectivity index (χ2v) is 9.25. The summed E-state index contributed by atoms with van der Waals surface area (Å²) in [5.41, 5.74) is 3.50. The Morgan fingerprint density at radius 2 is 1.84 bits per heavy atom. The molecule has 0 aliphatic carbocycles. The molecule has 0 atom stereocenters. The Morgan fingerprint density at radius 1 is 1.16 bits per heavy atom. The first-order chi connectivity index (χ1) is 14.7. The summed E-state index contributed by atoms with van der Waals surface area (Å²) in [7, 11) is -2.45. The summed E-state index contributed by atoms with van der Waals surface area (Å²) in [6, 6.07) is 12.1. The lowest BCUT2D eigenvalue weighted by atomic mass is 9.99. The minimum absolute atomic E-state index is 0.0186. The normalized spacial score (nSPS) is 14.2. The largest absolute Gasteiger partial charge is 0.384 e. The van der Waals surface area contributed by atoms with Crippen molar-refractivity contribution in [3.8, 4) is 11.1 Å². The van der Waals surface area contributed by atoms with Crippen LogP contribution < -0.4 is 10.3 Å². The summed E-state index contributed by atoms with van der Waals surface area (Å²) in [4.78, 5) is 27.8. The topological polar surface area (TPSA) is 105 Å². The van der Waals surface area contributed by atoms with Crippen molar-refractivity contribution in [2.75, 3.05) is 26.8 Å². The monoisotopic (exact) mass is 449 g/mol. The molecule has 2 aromatic carbocycles. The molecule has 2 N–H and O–H groups in total. The van der Waals surface area contributed by atoms with E-state index in [9.17, 15) is 22.4 Å². The summed E-state index contributed by atoms with van der Waals surface area (Å²) in [6.07, 6.45) is 0.170. The number of hydrogen-bond donors (Lipinski definition) is 2. The molecule has 10 heteroatoms. The fourth-order valence-corrected chi connectivity index (χ4v) is 4.34. The fourth-order valence-electron chi connectivity index (χ4n) is 3.19. The van der Waals surface area contributed by atoms with E-state index in [0.29, 0.717) is 5.56 Å². The van der Waals surface area contributed by atoms with E-state index in [2.05, 4.69) is 5.43 Å². The maximum atomic E-state index is 14.6. The molecule has 2 aromatic rings. The fraction of sp³-hybridized carbons (Fsp3) is 0.333. The molecule has 0 saturated carbocycles. The first kappa shape index (κ1) is 22.9. The summed E-state index contributed by atoms with van der Waals surface area (Å²) in [6.45, 7) is 1.83. The highest BCUT2D eigenvalue weighted by Gasteiger charge is 2.39. The molecule has 1 aliphatic rings. The first-order valence-corrected chi connectivity index (χ1v) is 11.2. The SMILES string of the molecule is COCCC(=O)N1CC(S(=O)(=O)NNC(=O)c2cc(-c3ccccc3)cc(C)c2F)C1. The number of aryl methyl sites for hydroxylation is 1. The van der Waals surface area contributed by atoms with Crippen molar-refractivity contribution < 1.29 is 27.1 Å². The van der Waals surface area contributed by atoms with Crippen LogP contribution in [0, 0.1) is 12.7 Å². The van der Waals surface area contributed by atoms with Crippen molar-refractivity contribution >= 4 is 21.8 Å². The summed E-state index contributed by atoms with van der Waals surface area (Å²) < 4.78 is 44.2. The molecule has 0 bridgehead atoms. The predicted octanol–water partition coefficient (Wildman–Crippen LogP) is 1.61. The zero-order chi connectivity index (χ0) is 22.6. The minimum Gasteiger partial charge on any atom is -0.384 e. The van der Waals surface area contributed by atoms with Gasteiger partial charge in [0.2, 0.25) is 15.9 Å². The molecule has 3 rings (SSSR count). The highest BCUT2D eigenvalue weighted by Crippen LogP contribution is 2.25. The number of rotatable bonds is 8. The number of likely N-dealkylation sites (tertiary alicyclic amines) is 1. The van der Waals surface area contributed by atoms with Gasteiger partial charge >= 0.3 is 0 Å². The molecule has 166 valence electrons. The van der Waals surface area contributed by atoms with Crippen molar-refractivity contribution in [1.82, 2.24) is 15.2 Å². The number of carbonyl (C=O) groups excluding carboxylic acids is 2. The molecule has 2 amide bonds. The molecule has 1 heterocycles. The van der Waals surface area contributed by atoms with Crippen molar-refractivity contribution in [3.63, 3.8) is 0 Å². The number of nitrogens with zero attached hydrogens (tertiary/aromatic N) is 1. The Balaban J connectivity index is 1.64. The van der Waals surface area contributed by atoms with E-state index in [0.717, 1.165) is 5.56 Å². The van der Waals surface area contributed by atoms with Gasteiger partial charge in [-0.15, -0.1) is 4.83 Å². The molecular weight excluding hydrogens is 425 g/mol. The zero-order valence-electron chi connectivity index (χ0n) is 17.2. The number of hydrogen-bond acceptors (Lipinski definition) is 5. The number of halogens is 1. The van der Waals surface area contributed by atoms with Crippen LogP contribution >= 0.6 is 0 Å². The third-order valence-electron chi connectivity index (χ3n) is 5.07. The van der Waals surface area contributed by atoms with E-state index in [1.54, 1.807) is 6.07 Å². The average Bonchev–Trinajstić information content (AvgIpc) is 2.71. The second kappa shape index (κ2) is 9.54. The Morgan fingerprint density at radius 3 is 2.48 bits per heavy atom. The first-order valence-electron chi connectivity index (χ1n) is 9.66. The Labute approximate surface area is 180 Å². The molecule has 0 aromatic heterocycles. The van der Waals surface area contributed by atoms with Gasteiger partial charge in [-0.2, -0.15) is 0 Å². The van der Waals surface area contributed by atoms with Crippen molar-refractivity contribution in [2.45, 2.75) is 18.6 Å². The van der Waals surface area contributed by atoms with E-state index in [-0.39, 0.29) is 43.2 Å². The van der Waals surface area contributed by atoms with Crippen LogP contribution in [0.1, 0.15) is 22.3 Å². The lowest BCUT2D eigenvalue weighted by molar-refractivity contribution is -0.135. The molecule has 0 unspecified atom stereocenters. The molecule has 31 heavy (non-hydrogen) atoms. The number of nitrogens with one attached hydrogen (secondary N) is 2. The average molecular weight is 450 g/mol. The van der Waals surface area contributed by atoms with Gasteiger partial charge < -0.3 is 9.64 Å². The molecule has 1 aliphatic heterocycles. The summed E-state index contributed by atoms with van der Waals surface area (Å²) in [5, 5.41) is -0.860. The predicted molar refractivity (Wildman–Crippen MR) is 113 cm³/mol. The van der Waals surface area contributed by atoms with Gasteiger partial charge in [0.15, 0.2) is 0 Å². The van der Waals surface area contributed by atoms with Crippen LogP contribution in [0.25, 0.3) is 11.1 Å². The molecular formula is C21H24FN3O5S. The molecule has 1 fully saturated rings. The smallest absolute Gasteiger partial charge is 0.269 e. The maximum absolute atomic E-state index is 14.6. The van der Waals surface area contributed by atoms with E-state index in [4.69, 9.17) is 4.74 Å². The van der Waals surface area contributed by atoms with E-state index >= 15 is 0 Å². The molecule has 0 radical (unpaired) electrons. The van der Waals surface area contributed by atoms with Crippen LogP contribution in [0.3, 0.4) is 0 Å². The lowest BCUT2D eigenvalue weighted by Gasteiger charge is -2.38. The highest BCUT2D eigenvalue weighted by molar-refractivity contribution is 7.90. The van der Waals surface area contributed by atoms with Crippen LogP contribution in [0.15, 0.2) is 42.5 Å². The molecule has 8 nitrogen and oxygen atoms in total. The van der Waals surface area contributed by atoms with Gasteiger partial charge in [-0.05, 0) is 35.7 Å². The van der Waals surface area contributed by atoms with Crippen LogP contribution in [0.5, 0.6) is 0 Å². The van der Waals surface area contributed by atoms with Crippen LogP contribution in [0.2, 0.25) is 0 Å².